The van der Waals surface area contributed by atoms with Gasteiger partial charge in [-0.2, -0.15) is 0 Å². The number of aromatic amines is 1. The summed E-state index contributed by atoms with van der Waals surface area (Å²) < 4.78 is 34.5. The van der Waals surface area contributed by atoms with Crippen molar-refractivity contribution in [1.82, 2.24) is 9.88 Å². The number of methoxy groups -OCH3 is 1. The molecule has 4 aliphatic heterocycles. The van der Waals surface area contributed by atoms with Crippen LogP contribution in [0.2, 0.25) is 0 Å². The molecule has 10 aliphatic carbocycles. The summed E-state index contributed by atoms with van der Waals surface area (Å²) in [6.07, 6.45) is 30.6. The smallest absolute Gasteiger partial charge is 0.254 e. The molecule has 1 saturated heterocycles. The molecule has 6 N–H and O–H groups in total. The molecule has 4 aromatic carbocycles. The quantitative estimate of drug-likeness (QED) is 0.0936. The maximum absolute atomic E-state index is 15.8. The minimum atomic E-state index is -2.48. The third-order valence-corrected chi connectivity index (χ3v) is 27.5. The summed E-state index contributed by atoms with van der Waals surface area (Å²) >= 11 is 0. The van der Waals surface area contributed by atoms with Crippen LogP contribution in [0.3, 0.4) is 0 Å². The first kappa shape index (κ1) is 56.4. The van der Waals surface area contributed by atoms with E-state index in [0.29, 0.717) is 52.4 Å². The number of nitrogens with zero attached hydrogens (tertiary/aromatic N) is 1. The standard InChI is InChI=1S/C77H84N2O12/c1-87-67-49-17-16-43-28-42-11-7-14-47(42)60-58(43)61(49)63-66(83)62(60)55(81)35-79-34-53-41(10-6-15-48(53)70(79)84)12-9-27-88-69-65(82)57-36-89-56(19-18-50(67)68(63)91-71(90-57)77(69,86)40-80)52-33-78-54-29-44-20-26-75-39-76(85)25-8-13-45(76)30-46(75)31-74(32-51(59(52)54)64(44)75)38-72(21-2-3-22-72)37-73(74)23-4-5-24-73/h6,10,15,18-19,28-29,33,42,45-47,56-57,65,69,71,78,80,82-83,85-86H,2-5,7-8,11-14,16-17,20-26,30-32,34-40H2,1H3/b19-18+/t42-,45+,46+,47+,56+,57+,65+,69-,71+,74+,75-,76+,77+/m0/s1. The average molecular weight is 1230 g/mol. The second-order valence-electron chi connectivity index (χ2n) is 31.5. The molecule has 5 aromatic rings. The van der Waals surface area contributed by atoms with E-state index in [9.17, 15) is 30.3 Å². The van der Waals surface area contributed by atoms with Crippen LogP contribution >= 0.6 is 0 Å². The lowest BCUT2D eigenvalue weighted by molar-refractivity contribution is -0.328. The number of amides is 1. The van der Waals surface area contributed by atoms with E-state index in [1.165, 1.54) is 92.7 Å². The molecule has 1 amide bonds. The number of aryl methyl sites for hydroxylation is 2. The van der Waals surface area contributed by atoms with Gasteiger partial charge in [0.1, 0.15) is 41.7 Å². The highest BCUT2D eigenvalue weighted by atomic mass is 16.7. The molecular formula is C77H84N2O12. The number of H-pyrrole nitrogens is 1. The number of carbonyl (C=O) groups excluding carboxylic acids is 2. The predicted molar refractivity (Wildman–Crippen MR) is 341 cm³/mol. The molecule has 474 valence electrons. The van der Waals surface area contributed by atoms with Gasteiger partial charge in [-0.05, 0) is 218 Å². The summed E-state index contributed by atoms with van der Waals surface area (Å²) in [6.45, 7) is -1.32. The van der Waals surface area contributed by atoms with E-state index in [0.717, 1.165) is 115 Å². The van der Waals surface area contributed by atoms with Gasteiger partial charge in [-0.25, -0.2) is 0 Å². The Morgan fingerprint density at radius 2 is 1.69 bits per heavy atom. The summed E-state index contributed by atoms with van der Waals surface area (Å²) in [6, 6.07) is 7.89. The Hall–Kier alpha value is -6.18. The molecule has 4 spiro atoms. The van der Waals surface area contributed by atoms with E-state index >= 15 is 4.79 Å². The van der Waals surface area contributed by atoms with E-state index in [-0.39, 0.29) is 82.6 Å². The number of hydrogen-bond acceptors (Lipinski definition) is 12. The SMILES string of the molecule is COc1c2c3c4c(O)c(c5c6c4c1CCC6=C[C@@H]1CCC[C@@H]51)C(=O)CN1Cc4c(cccc4C1=O)CC#CO[C@H]1[C@H](O)[C@@H](CO[C@@H](c4c[nH]c5cc6c7c(c45)C[C@]4(C[C@H]5C[C@H]8CCC[C@@]8(O)C[C@]75CC6)CC5(CCCC5)CC45CCCC5)/C=C/2)O[C@H](O3)[C@@]1(O)CO. The number of phenolic OH excluding ortho intramolecular Hbond substituents is 1. The lowest BCUT2D eigenvalue weighted by Crippen LogP contribution is -2.70. The molecule has 0 radical (unpaired) electrons. The second-order valence-corrected chi connectivity index (χ2v) is 31.5. The van der Waals surface area contributed by atoms with Gasteiger partial charge in [0.05, 0.1) is 49.0 Å². The Morgan fingerprint density at radius 3 is 2.54 bits per heavy atom. The minimum Gasteiger partial charge on any atom is -0.506 e. The zero-order chi connectivity index (χ0) is 61.3. The van der Waals surface area contributed by atoms with Gasteiger partial charge in [-0.1, -0.05) is 68.7 Å². The number of carbonyl (C=O) groups is 2. The number of allylic oxidation sites excluding steroid dienone is 2. The highest BCUT2D eigenvalue weighted by molar-refractivity contribution is 6.17. The van der Waals surface area contributed by atoms with Gasteiger partial charge in [-0.15, -0.1) is 0 Å². The molecule has 1 aromatic heterocycles. The number of nitrogens with one attached hydrogen (secondary N) is 1. The molecule has 14 aliphatic rings. The topological polar surface area (TPSA) is 200 Å². The summed E-state index contributed by atoms with van der Waals surface area (Å²) in [5.74, 6) is 3.57. The van der Waals surface area contributed by atoms with Crippen LogP contribution in [0.5, 0.6) is 17.2 Å². The maximum Gasteiger partial charge on any atom is 0.254 e. The number of fused-ring (bicyclic) bond motifs is 11. The number of aliphatic hydroxyl groups is 4. The molecule has 91 heavy (non-hydrogen) atoms. The lowest BCUT2D eigenvalue weighted by atomic mass is 9.52. The van der Waals surface area contributed by atoms with Gasteiger partial charge in [0, 0.05) is 57.6 Å². The highest BCUT2D eigenvalue weighted by Crippen LogP contribution is 2.77. The molecular weight excluding hydrogens is 1140 g/mol. The summed E-state index contributed by atoms with van der Waals surface area (Å²) in [4.78, 5) is 35.6. The number of ether oxygens (including phenoxy) is 5. The first-order valence-corrected chi connectivity index (χ1v) is 34.9. The molecule has 13 atom stereocenters. The van der Waals surface area contributed by atoms with Crippen molar-refractivity contribution in [3.63, 3.8) is 0 Å². The van der Waals surface area contributed by atoms with Crippen LogP contribution < -0.4 is 9.47 Å². The molecule has 19 rings (SSSR count). The van der Waals surface area contributed by atoms with Gasteiger partial charge in [0.2, 0.25) is 6.29 Å². The van der Waals surface area contributed by atoms with Crippen molar-refractivity contribution in [2.45, 2.75) is 220 Å². The lowest BCUT2D eigenvalue weighted by Gasteiger charge is -2.53. The number of Topliss-reactive ketones (excluding diaryl/α,β-unsaturated/α-hetero) is 1. The average Bonchev–Trinajstić information content (AvgIpc) is 1.67. The predicted octanol–water partition coefficient (Wildman–Crippen LogP) is 11.9. The van der Waals surface area contributed by atoms with Crippen molar-refractivity contribution >= 4 is 45.0 Å². The summed E-state index contributed by atoms with van der Waals surface area (Å²) in [7, 11) is 1.64. The Bertz CT molecular complexity index is 4150. The first-order valence-electron chi connectivity index (χ1n) is 34.9. The van der Waals surface area contributed by atoms with Crippen LogP contribution in [0.15, 0.2) is 42.6 Å². The number of phenols is 1. The van der Waals surface area contributed by atoms with E-state index in [1.807, 2.05) is 18.2 Å². The molecule has 0 unspecified atom stereocenters. The fourth-order valence-corrected chi connectivity index (χ4v) is 24.0. The number of hydrogen-bond donors (Lipinski definition) is 6. The minimum absolute atomic E-state index is 0.0477. The summed E-state index contributed by atoms with van der Waals surface area (Å²) in [5, 5.41) is 66.3. The number of aromatic nitrogens is 1. The first-order chi connectivity index (χ1) is 44.2. The van der Waals surface area contributed by atoms with Crippen molar-refractivity contribution in [2.24, 2.45) is 34.0 Å². The van der Waals surface area contributed by atoms with Gasteiger partial charge in [0.25, 0.3) is 5.91 Å². The zero-order valence-corrected chi connectivity index (χ0v) is 52.4. The zero-order valence-electron chi connectivity index (χ0n) is 52.4. The number of aliphatic hydroxyl groups excluding tert-OH is 2. The summed E-state index contributed by atoms with van der Waals surface area (Å²) in [5.41, 5.74) is 9.91. The molecule has 8 bridgehead atoms. The van der Waals surface area contributed by atoms with Crippen molar-refractivity contribution < 1.29 is 58.8 Å². The second kappa shape index (κ2) is 19.7. The van der Waals surface area contributed by atoms with Crippen LogP contribution in [-0.4, -0.2) is 110 Å². The molecule has 6 saturated carbocycles. The number of rotatable bonds is 3. The van der Waals surface area contributed by atoms with E-state index in [4.69, 9.17) is 23.7 Å². The van der Waals surface area contributed by atoms with Crippen LogP contribution in [-0.2, 0) is 51.9 Å². The van der Waals surface area contributed by atoms with Gasteiger partial charge in [-0.3, -0.25) is 9.59 Å². The van der Waals surface area contributed by atoms with Gasteiger partial charge in [0.15, 0.2) is 17.5 Å². The van der Waals surface area contributed by atoms with Crippen LogP contribution in [0.4, 0.5) is 0 Å². The number of aromatic hydroxyl groups is 1. The van der Waals surface area contributed by atoms with Crippen LogP contribution in [0.1, 0.15) is 223 Å². The monoisotopic (exact) mass is 1230 g/mol. The van der Waals surface area contributed by atoms with Crippen LogP contribution in [0, 0.1) is 46.0 Å². The van der Waals surface area contributed by atoms with Crippen molar-refractivity contribution in [3.05, 3.63) is 109 Å². The Balaban J connectivity index is 0.850. The van der Waals surface area contributed by atoms with Gasteiger partial charge >= 0.3 is 0 Å². The Labute approximate surface area is 531 Å². The van der Waals surface area contributed by atoms with Crippen molar-refractivity contribution in [1.29, 1.82) is 0 Å². The van der Waals surface area contributed by atoms with E-state index in [1.54, 1.807) is 24.1 Å². The molecule has 5 heterocycles. The number of benzene rings is 4. The third-order valence-electron chi connectivity index (χ3n) is 27.5. The van der Waals surface area contributed by atoms with Gasteiger partial charge < -0.3 is 59.1 Å². The maximum atomic E-state index is 15.8. The molecule has 7 fully saturated rings. The van der Waals surface area contributed by atoms with Crippen molar-refractivity contribution in [2.75, 3.05) is 26.9 Å². The fraction of sp³-hybridized carbons (Fsp3) is 0.584. The van der Waals surface area contributed by atoms with E-state index < -0.39 is 54.3 Å². The largest absolute Gasteiger partial charge is 0.506 e. The van der Waals surface area contributed by atoms with Crippen LogP contribution in [0.25, 0.3) is 33.3 Å². The fourth-order valence-electron chi connectivity index (χ4n) is 24.0. The number of ketones is 1. The Morgan fingerprint density at radius 1 is 0.846 bits per heavy atom. The van der Waals surface area contributed by atoms with Crippen molar-refractivity contribution in [3.8, 4) is 29.3 Å². The van der Waals surface area contributed by atoms with E-state index in [2.05, 4.69) is 35.4 Å². The molecule has 14 heteroatoms. The highest BCUT2D eigenvalue weighted by Gasteiger charge is 2.69. The molecule has 14 nitrogen and oxygen atoms in total. The normalized spacial score (nSPS) is 36.9. The Kier molecular flexibility index (Phi) is 12.2. The third kappa shape index (κ3) is 7.59.